The first-order chi connectivity index (χ1) is 19.4. The molecule has 4 heterocycles. The van der Waals surface area contributed by atoms with E-state index in [4.69, 9.17) is 0 Å². The number of hydrogen-bond donors (Lipinski definition) is 3. The number of nitro benzene ring substituents is 1. The number of nitro groups is 1. The number of carbonyl (C=O) groups excluding carboxylic acids is 2. The van der Waals surface area contributed by atoms with Gasteiger partial charge in [-0.05, 0) is 35.7 Å². The number of rotatable bonds is 7. The van der Waals surface area contributed by atoms with Crippen molar-refractivity contribution in [3.8, 4) is 0 Å². The standard InChI is InChI=1S/C28H28N6O5S/c35-26(24-6-3-17-40-24)23-12-11-20-25(33(23)30-18-7-9-19(10-8-18)34(38)39)28(37)32(27(20)36)22-5-2-1-4-21(22)31-15-13-29-14-16-31/h1-12,17,20,23,25-26,29-30,35H,13-16H2/t20-,23?,25+,26+/m1/s1. The van der Waals surface area contributed by atoms with Gasteiger partial charge in [-0.2, -0.15) is 0 Å². The van der Waals surface area contributed by atoms with Gasteiger partial charge in [-0.25, -0.2) is 9.91 Å². The number of aliphatic hydroxyl groups excluding tert-OH is 1. The molecule has 0 bridgehead atoms. The molecule has 6 rings (SSSR count). The van der Waals surface area contributed by atoms with Crippen LogP contribution in [0.25, 0.3) is 0 Å². The fraction of sp³-hybridized carbons (Fsp3) is 0.286. The number of aliphatic hydroxyl groups is 1. The minimum atomic E-state index is -0.979. The molecule has 1 aromatic heterocycles. The Kier molecular flexibility index (Phi) is 7.07. The Labute approximate surface area is 234 Å². The van der Waals surface area contributed by atoms with Crippen LogP contribution in [0.15, 0.2) is 78.2 Å². The fourth-order valence-electron chi connectivity index (χ4n) is 5.57. The number of piperazine rings is 1. The third kappa shape index (κ3) is 4.64. The first-order valence-electron chi connectivity index (χ1n) is 13.1. The number of thiophene rings is 1. The predicted molar refractivity (Wildman–Crippen MR) is 152 cm³/mol. The van der Waals surface area contributed by atoms with Gasteiger partial charge in [-0.3, -0.25) is 19.7 Å². The van der Waals surface area contributed by atoms with E-state index in [1.807, 2.05) is 35.7 Å². The first-order valence-corrected chi connectivity index (χ1v) is 13.9. The lowest BCUT2D eigenvalue weighted by Gasteiger charge is -2.40. The largest absolute Gasteiger partial charge is 0.386 e. The van der Waals surface area contributed by atoms with Crippen molar-refractivity contribution in [3.05, 3.63) is 93.2 Å². The number of carbonyl (C=O) groups is 2. The quantitative estimate of drug-likeness (QED) is 0.173. The highest BCUT2D eigenvalue weighted by atomic mass is 32.1. The zero-order chi connectivity index (χ0) is 27.8. The van der Waals surface area contributed by atoms with Crippen LogP contribution in [0.3, 0.4) is 0 Å². The molecule has 1 unspecified atom stereocenters. The number of benzene rings is 2. The van der Waals surface area contributed by atoms with E-state index in [9.17, 15) is 24.8 Å². The third-order valence-electron chi connectivity index (χ3n) is 7.53. The van der Waals surface area contributed by atoms with Gasteiger partial charge in [0.05, 0.1) is 28.3 Å². The molecule has 0 aliphatic carbocycles. The van der Waals surface area contributed by atoms with Crippen molar-refractivity contribution >= 4 is 45.9 Å². The highest BCUT2D eigenvalue weighted by molar-refractivity contribution is 7.10. The Morgan fingerprint density at radius 2 is 1.70 bits per heavy atom. The van der Waals surface area contributed by atoms with Crippen molar-refractivity contribution in [2.45, 2.75) is 18.2 Å². The molecule has 3 aliphatic rings. The number of amides is 2. The lowest BCUT2D eigenvalue weighted by atomic mass is 9.92. The van der Waals surface area contributed by atoms with Crippen LogP contribution in [0.1, 0.15) is 11.0 Å². The number of fused-ring (bicyclic) bond motifs is 1. The number of hydrazine groups is 1. The van der Waals surface area contributed by atoms with Crippen LogP contribution in [0.2, 0.25) is 0 Å². The zero-order valence-corrected chi connectivity index (χ0v) is 22.2. The number of imide groups is 1. The number of nitrogens with one attached hydrogen (secondary N) is 2. The van der Waals surface area contributed by atoms with Crippen LogP contribution in [0, 0.1) is 16.0 Å². The second kappa shape index (κ2) is 10.8. The van der Waals surface area contributed by atoms with Gasteiger partial charge in [0.25, 0.3) is 11.6 Å². The van der Waals surface area contributed by atoms with Gasteiger partial charge in [0, 0.05) is 48.9 Å². The highest BCUT2D eigenvalue weighted by Crippen LogP contribution is 2.41. The molecule has 4 atom stereocenters. The van der Waals surface area contributed by atoms with Gasteiger partial charge in [-0.1, -0.05) is 30.4 Å². The normalized spacial score (nSPS) is 23.8. The van der Waals surface area contributed by atoms with Crippen LogP contribution < -0.4 is 20.5 Å². The van der Waals surface area contributed by atoms with Crippen molar-refractivity contribution in [3.63, 3.8) is 0 Å². The SMILES string of the molecule is O=C1[C@@H]2[C@@H](C=CC([C@H](O)c3cccs3)N2Nc2ccc([N+](=O)[O-])cc2)C(=O)N1c1ccccc1N1CCNCC1. The number of para-hydroxylation sites is 2. The average Bonchev–Trinajstić information content (AvgIpc) is 3.61. The van der Waals surface area contributed by atoms with Gasteiger partial charge in [0.2, 0.25) is 5.91 Å². The molecule has 3 N–H and O–H groups in total. The third-order valence-corrected chi connectivity index (χ3v) is 8.47. The second-order valence-electron chi connectivity index (χ2n) is 9.87. The summed E-state index contributed by atoms with van der Waals surface area (Å²) in [5, 5.41) is 29.3. The Morgan fingerprint density at radius 1 is 0.975 bits per heavy atom. The van der Waals surface area contributed by atoms with Crippen molar-refractivity contribution in [2.24, 2.45) is 5.92 Å². The molecule has 11 nitrogen and oxygen atoms in total. The van der Waals surface area contributed by atoms with Crippen LogP contribution in [-0.4, -0.2) is 65.1 Å². The van der Waals surface area contributed by atoms with Crippen LogP contribution in [0.4, 0.5) is 22.7 Å². The minimum Gasteiger partial charge on any atom is -0.386 e. The highest BCUT2D eigenvalue weighted by Gasteiger charge is 2.54. The zero-order valence-electron chi connectivity index (χ0n) is 21.4. The molecule has 3 aromatic rings. The van der Waals surface area contributed by atoms with Crippen molar-refractivity contribution < 1.29 is 19.6 Å². The molecular formula is C28H28N6O5S. The monoisotopic (exact) mass is 560 g/mol. The lowest BCUT2D eigenvalue weighted by Crippen LogP contribution is -2.55. The van der Waals surface area contributed by atoms with Gasteiger partial charge in [0.1, 0.15) is 12.1 Å². The predicted octanol–water partition coefficient (Wildman–Crippen LogP) is 2.93. The smallest absolute Gasteiger partial charge is 0.269 e. The summed E-state index contributed by atoms with van der Waals surface area (Å²) in [6.07, 6.45) is 2.49. The molecule has 2 amide bonds. The molecule has 0 radical (unpaired) electrons. The van der Waals surface area contributed by atoms with Crippen molar-refractivity contribution in [1.29, 1.82) is 0 Å². The van der Waals surface area contributed by atoms with Gasteiger partial charge in [-0.15, -0.1) is 11.3 Å². The summed E-state index contributed by atoms with van der Waals surface area (Å²) in [4.78, 5) is 42.8. The molecule has 206 valence electrons. The summed E-state index contributed by atoms with van der Waals surface area (Å²) in [6, 6.07) is 15.3. The van der Waals surface area contributed by atoms with E-state index in [2.05, 4.69) is 15.6 Å². The Balaban J connectivity index is 1.37. The minimum absolute atomic E-state index is 0.0695. The van der Waals surface area contributed by atoms with Crippen molar-refractivity contribution in [1.82, 2.24) is 10.3 Å². The second-order valence-corrected chi connectivity index (χ2v) is 10.8. The summed E-state index contributed by atoms with van der Waals surface area (Å²) in [5.41, 5.74) is 4.97. The maximum Gasteiger partial charge on any atom is 0.269 e. The van der Waals surface area contributed by atoms with Gasteiger partial charge in [0.15, 0.2) is 0 Å². The molecule has 2 aromatic carbocycles. The molecule has 0 spiro atoms. The van der Waals surface area contributed by atoms with Crippen LogP contribution in [0.5, 0.6) is 0 Å². The van der Waals surface area contributed by atoms with Crippen LogP contribution >= 0.6 is 11.3 Å². The molecule has 2 fully saturated rings. The number of non-ortho nitro benzene ring substituents is 1. The molecular weight excluding hydrogens is 532 g/mol. The molecule has 3 aliphatic heterocycles. The molecule has 12 heteroatoms. The summed E-state index contributed by atoms with van der Waals surface area (Å²) in [5.74, 6) is -1.52. The Bertz CT molecular complexity index is 1440. The lowest BCUT2D eigenvalue weighted by molar-refractivity contribution is -0.384. The number of hydrogen-bond acceptors (Lipinski definition) is 10. The first kappa shape index (κ1) is 26.1. The van der Waals surface area contributed by atoms with E-state index >= 15 is 0 Å². The maximum atomic E-state index is 14.2. The maximum absolute atomic E-state index is 14.2. The Morgan fingerprint density at radius 3 is 2.38 bits per heavy atom. The molecule has 40 heavy (non-hydrogen) atoms. The number of nitrogens with zero attached hydrogens (tertiary/aromatic N) is 4. The van der Waals surface area contributed by atoms with E-state index in [-0.39, 0.29) is 11.6 Å². The van der Waals surface area contributed by atoms with E-state index in [1.165, 1.54) is 28.4 Å². The topological polar surface area (TPSA) is 131 Å². The average molecular weight is 561 g/mol. The fourth-order valence-corrected chi connectivity index (χ4v) is 6.32. The van der Waals surface area contributed by atoms with E-state index in [0.29, 0.717) is 16.3 Å². The summed E-state index contributed by atoms with van der Waals surface area (Å²) in [7, 11) is 0. The van der Waals surface area contributed by atoms with Gasteiger partial charge < -0.3 is 20.7 Å². The van der Waals surface area contributed by atoms with Crippen molar-refractivity contribution in [2.75, 3.05) is 41.4 Å². The summed E-state index contributed by atoms with van der Waals surface area (Å²) < 4.78 is 0. The Hall–Kier alpha value is -4.10. The molecule has 2 saturated heterocycles. The van der Waals surface area contributed by atoms with E-state index in [1.54, 1.807) is 35.4 Å². The van der Waals surface area contributed by atoms with E-state index in [0.717, 1.165) is 31.9 Å². The number of anilines is 3. The van der Waals surface area contributed by atoms with Crippen LogP contribution in [-0.2, 0) is 9.59 Å². The summed E-state index contributed by atoms with van der Waals surface area (Å²) >= 11 is 1.39. The molecule has 0 saturated carbocycles. The summed E-state index contributed by atoms with van der Waals surface area (Å²) in [6.45, 7) is 3.12. The van der Waals surface area contributed by atoms with E-state index < -0.39 is 34.9 Å². The van der Waals surface area contributed by atoms with Gasteiger partial charge >= 0.3 is 0 Å².